The van der Waals surface area contributed by atoms with E-state index in [2.05, 4.69) is 23.3 Å². The summed E-state index contributed by atoms with van der Waals surface area (Å²) < 4.78 is 5.59. The molecule has 1 aliphatic rings. The minimum atomic E-state index is -0.220. The van der Waals surface area contributed by atoms with Gasteiger partial charge in [0.15, 0.2) is 5.76 Å². The summed E-state index contributed by atoms with van der Waals surface area (Å²) in [5, 5.41) is 3.85. The number of rotatable bonds is 2. The summed E-state index contributed by atoms with van der Waals surface area (Å²) in [6, 6.07) is 15.4. The Labute approximate surface area is 128 Å². The Morgan fingerprint density at radius 1 is 1.18 bits per heavy atom. The third-order valence-electron chi connectivity index (χ3n) is 4.11. The highest BCUT2D eigenvalue weighted by molar-refractivity contribution is 6.04. The maximum Gasteiger partial charge on any atom is 0.291 e. The average Bonchev–Trinajstić information content (AvgIpc) is 3.11. The molecule has 0 saturated carbocycles. The van der Waals surface area contributed by atoms with E-state index in [9.17, 15) is 4.79 Å². The summed E-state index contributed by atoms with van der Waals surface area (Å²) in [7, 11) is 2.08. The SMILES string of the molecule is CN1CCc2cc(NC(=O)c3cc4ccccc4o3)ccc21. The summed E-state index contributed by atoms with van der Waals surface area (Å²) >= 11 is 0. The fourth-order valence-electron chi connectivity index (χ4n) is 2.93. The third kappa shape index (κ3) is 2.13. The van der Waals surface area contributed by atoms with Crippen LogP contribution in [0, 0.1) is 0 Å². The Hall–Kier alpha value is -2.75. The van der Waals surface area contributed by atoms with Crippen molar-refractivity contribution in [3.8, 4) is 0 Å². The maximum atomic E-state index is 12.3. The molecule has 2 heterocycles. The van der Waals surface area contributed by atoms with Crippen molar-refractivity contribution in [2.45, 2.75) is 6.42 Å². The summed E-state index contributed by atoms with van der Waals surface area (Å²) in [6.45, 7) is 1.02. The molecular weight excluding hydrogens is 276 g/mol. The number of likely N-dealkylation sites (N-methyl/N-ethyl adjacent to an activating group) is 1. The van der Waals surface area contributed by atoms with E-state index in [1.54, 1.807) is 6.07 Å². The molecule has 0 fully saturated rings. The number of benzene rings is 2. The van der Waals surface area contributed by atoms with Crippen molar-refractivity contribution in [1.82, 2.24) is 0 Å². The molecule has 0 saturated heterocycles. The van der Waals surface area contributed by atoms with Crippen LogP contribution in [0.3, 0.4) is 0 Å². The lowest BCUT2D eigenvalue weighted by Gasteiger charge is -2.12. The van der Waals surface area contributed by atoms with Gasteiger partial charge >= 0.3 is 0 Å². The molecular formula is C18H16N2O2. The van der Waals surface area contributed by atoms with E-state index in [4.69, 9.17) is 4.42 Å². The molecule has 0 atom stereocenters. The first kappa shape index (κ1) is 13.0. The molecule has 1 aliphatic heterocycles. The van der Waals surface area contributed by atoms with Gasteiger partial charge in [-0.3, -0.25) is 4.79 Å². The van der Waals surface area contributed by atoms with E-state index in [1.807, 2.05) is 36.4 Å². The van der Waals surface area contributed by atoms with Crippen molar-refractivity contribution in [3.63, 3.8) is 0 Å². The first-order valence-corrected chi connectivity index (χ1v) is 7.35. The normalized spacial score (nSPS) is 13.4. The van der Waals surface area contributed by atoms with E-state index in [0.29, 0.717) is 5.76 Å². The number of fused-ring (bicyclic) bond motifs is 2. The van der Waals surface area contributed by atoms with Crippen LogP contribution in [0.4, 0.5) is 11.4 Å². The number of furan rings is 1. The molecule has 1 N–H and O–H groups in total. The van der Waals surface area contributed by atoms with Crippen LogP contribution in [0.5, 0.6) is 0 Å². The Morgan fingerprint density at radius 3 is 2.91 bits per heavy atom. The number of carbonyl (C=O) groups is 1. The molecule has 3 aromatic rings. The summed E-state index contributed by atoms with van der Waals surface area (Å²) in [5.41, 5.74) is 4.04. The Kier molecular flexibility index (Phi) is 2.89. The van der Waals surface area contributed by atoms with E-state index in [0.717, 1.165) is 29.6 Å². The molecule has 4 nitrogen and oxygen atoms in total. The maximum absolute atomic E-state index is 12.3. The quantitative estimate of drug-likeness (QED) is 0.783. The highest BCUT2D eigenvalue weighted by Gasteiger charge is 2.17. The van der Waals surface area contributed by atoms with Gasteiger partial charge in [-0.1, -0.05) is 18.2 Å². The van der Waals surface area contributed by atoms with Crippen LogP contribution in [0.15, 0.2) is 52.9 Å². The van der Waals surface area contributed by atoms with E-state index in [1.165, 1.54) is 11.3 Å². The van der Waals surface area contributed by atoms with Crippen molar-refractivity contribution >= 4 is 28.3 Å². The second-order valence-electron chi connectivity index (χ2n) is 5.62. The Balaban J connectivity index is 1.59. The molecule has 4 heteroatoms. The standard InChI is InChI=1S/C18H16N2O2/c1-20-9-8-12-10-14(6-7-15(12)20)19-18(21)17-11-13-4-2-3-5-16(13)22-17/h2-7,10-11H,8-9H2,1H3,(H,19,21). The second kappa shape index (κ2) is 4.91. The van der Waals surface area contributed by atoms with Crippen molar-refractivity contribution < 1.29 is 9.21 Å². The van der Waals surface area contributed by atoms with Crippen molar-refractivity contribution in [1.29, 1.82) is 0 Å². The lowest BCUT2D eigenvalue weighted by atomic mass is 10.1. The Bertz CT molecular complexity index is 833. The number of carbonyl (C=O) groups excluding carboxylic acids is 1. The first-order chi connectivity index (χ1) is 10.7. The molecule has 0 radical (unpaired) electrons. The van der Waals surface area contributed by atoms with Gasteiger partial charge in [0, 0.05) is 30.4 Å². The van der Waals surface area contributed by atoms with Gasteiger partial charge in [0.1, 0.15) is 5.58 Å². The van der Waals surface area contributed by atoms with Crippen LogP contribution in [-0.2, 0) is 6.42 Å². The number of anilines is 2. The smallest absolute Gasteiger partial charge is 0.291 e. The molecule has 0 aliphatic carbocycles. The number of nitrogens with zero attached hydrogens (tertiary/aromatic N) is 1. The van der Waals surface area contributed by atoms with Crippen LogP contribution < -0.4 is 10.2 Å². The summed E-state index contributed by atoms with van der Waals surface area (Å²) in [5.74, 6) is 0.112. The number of amides is 1. The van der Waals surface area contributed by atoms with Gasteiger partial charge in [0.05, 0.1) is 0 Å². The van der Waals surface area contributed by atoms with Gasteiger partial charge in [-0.2, -0.15) is 0 Å². The van der Waals surface area contributed by atoms with Crippen molar-refractivity contribution in [2.75, 3.05) is 23.8 Å². The molecule has 0 bridgehead atoms. The molecule has 1 aromatic heterocycles. The lowest BCUT2D eigenvalue weighted by molar-refractivity contribution is 0.0998. The third-order valence-corrected chi connectivity index (χ3v) is 4.11. The molecule has 0 spiro atoms. The van der Waals surface area contributed by atoms with Crippen molar-refractivity contribution in [2.24, 2.45) is 0 Å². The summed E-state index contributed by atoms with van der Waals surface area (Å²) in [4.78, 5) is 14.6. The van der Waals surface area contributed by atoms with Gasteiger partial charge in [0.2, 0.25) is 0 Å². The fraction of sp³-hybridized carbons (Fsp3) is 0.167. The number of hydrogen-bond acceptors (Lipinski definition) is 3. The van der Waals surface area contributed by atoms with Crippen molar-refractivity contribution in [3.05, 3.63) is 59.9 Å². The summed E-state index contributed by atoms with van der Waals surface area (Å²) in [6.07, 6.45) is 1.01. The van der Waals surface area contributed by atoms with Gasteiger partial charge in [0.25, 0.3) is 5.91 Å². The van der Waals surface area contributed by atoms with E-state index < -0.39 is 0 Å². The van der Waals surface area contributed by atoms with Crippen LogP contribution >= 0.6 is 0 Å². The van der Waals surface area contributed by atoms with Gasteiger partial charge in [-0.15, -0.1) is 0 Å². The largest absolute Gasteiger partial charge is 0.451 e. The highest BCUT2D eigenvalue weighted by Crippen LogP contribution is 2.29. The van der Waals surface area contributed by atoms with Gasteiger partial charge < -0.3 is 14.6 Å². The molecule has 22 heavy (non-hydrogen) atoms. The lowest BCUT2D eigenvalue weighted by Crippen LogP contribution is -2.12. The van der Waals surface area contributed by atoms with Crippen LogP contribution in [0.1, 0.15) is 16.1 Å². The van der Waals surface area contributed by atoms with Crippen LogP contribution in [-0.4, -0.2) is 19.5 Å². The molecule has 1 amide bonds. The monoisotopic (exact) mass is 292 g/mol. The molecule has 4 rings (SSSR count). The highest BCUT2D eigenvalue weighted by atomic mass is 16.3. The average molecular weight is 292 g/mol. The molecule has 0 unspecified atom stereocenters. The predicted molar refractivity (Wildman–Crippen MR) is 87.6 cm³/mol. The van der Waals surface area contributed by atoms with E-state index >= 15 is 0 Å². The second-order valence-corrected chi connectivity index (χ2v) is 5.62. The topological polar surface area (TPSA) is 45.5 Å². The fourth-order valence-corrected chi connectivity index (χ4v) is 2.93. The van der Waals surface area contributed by atoms with Gasteiger partial charge in [-0.05, 0) is 42.3 Å². The van der Waals surface area contributed by atoms with E-state index in [-0.39, 0.29) is 5.91 Å². The zero-order chi connectivity index (χ0) is 15.1. The number of nitrogens with one attached hydrogen (secondary N) is 1. The van der Waals surface area contributed by atoms with Crippen LogP contribution in [0.2, 0.25) is 0 Å². The number of hydrogen-bond donors (Lipinski definition) is 1. The molecule has 2 aromatic carbocycles. The molecule has 110 valence electrons. The first-order valence-electron chi connectivity index (χ1n) is 7.35. The minimum Gasteiger partial charge on any atom is -0.451 e. The van der Waals surface area contributed by atoms with Gasteiger partial charge in [-0.25, -0.2) is 0 Å². The minimum absolute atomic E-state index is 0.220. The Morgan fingerprint density at radius 2 is 2.05 bits per heavy atom. The zero-order valence-electron chi connectivity index (χ0n) is 12.3. The van der Waals surface area contributed by atoms with Crippen LogP contribution in [0.25, 0.3) is 11.0 Å². The predicted octanol–water partition coefficient (Wildman–Crippen LogP) is 3.68. The number of para-hydroxylation sites is 1. The zero-order valence-corrected chi connectivity index (χ0v) is 12.3.